The van der Waals surface area contributed by atoms with Gasteiger partial charge >= 0.3 is 0 Å². The van der Waals surface area contributed by atoms with Gasteiger partial charge in [0.25, 0.3) is 5.91 Å². The van der Waals surface area contributed by atoms with E-state index in [1.807, 2.05) is 0 Å². The highest BCUT2D eigenvalue weighted by Crippen LogP contribution is 2.23. The topological polar surface area (TPSA) is 69.6 Å². The number of likely N-dealkylation sites (N-methyl/N-ethyl adjacent to an activating group) is 1. The van der Waals surface area contributed by atoms with Crippen LogP contribution in [0.4, 0.5) is 0 Å². The molecule has 5 nitrogen and oxygen atoms in total. The summed E-state index contributed by atoms with van der Waals surface area (Å²) in [6.07, 6.45) is 1.50. The predicted octanol–water partition coefficient (Wildman–Crippen LogP) is 1.05. The summed E-state index contributed by atoms with van der Waals surface area (Å²) in [6.45, 7) is 2.35. The fourth-order valence-electron chi connectivity index (χ4n) is 2.36. The van der Waals surface area contributed by atoms with Gasteiger partial charge in [-0.1, -0.05) is 6.07 Å². The van der Waals surface area contributed by atoms with Gasteiger partial charge in [-0.15, -0.1) is 0 Å². The highest BCUT2D eigenvalue weighted by molar-refractivity contribution is 5.98. The Bertz CT molecular complexity index is 513. The van der Waals surface area contributed by atoms with Crippen molar-refractivity contribution in [3.63, 3.8) is 0 Å². The molecular weight excluding hydrogens is 244 g/mol. The molecule has 2 N–H and O–H groups in total. The molecule has 1 fully saturated rings. The van der Waals surface area contributed by atoms with Crippen molar-refractivity contribution in [2.24, 2.45) is 0 Å². The quantitative estimate of drug-likeness (QED) is 0.837. The van der Waals surface area contributed by atoms with E-state index in [1.54, 1.807) is 31.0 Å². The maximum Gasteiger partial charge on any atom is 0.254 e. The normalized spacial score (nSPS) is 18.4. The van der Waals surface area contributed by atoms with E-state index in [0.29, 0.717) is 18.5 Å². The highest BCUT2D eigenvalue weighted by atomic mass is 16.3. The lowest BCUT2D eigenvalue weighted by Gasteiger charge is -2.23. The first kappa shape index (κ1) is 13.4. The Balaban J connectivity index is 2.23. The van der Waals surface area contributed by atoms with E-state index in [2.05, 4.69) is 5.32 Å². The average Bonchev–Trinajstić information content (AvgIpc) is 2.89. The number of phenols is 1. The maximum atomic E-state index is 12.4. The van der Waals surface area contributed by atoms with E-state index in [9.17, 15) is 14.7 Å². The van der Waals surface area contributed by atoms with Gasteiger partial charge in [0, 0.05) is 19.2 Å². The third-order valence-corrected chi connectivity index (χ3v) is 3.52. The Kier molecular flexibility index (Phi) is 3.74. The molecule has 1 aliphatic rings. The molecule has 0 radical (unpaired) electrons. The minimum Gasteiger partial charge on any atom is -0.508 e. The zero-order valence-corrected chi connectivity index (χ0v) is 11.1. The summed E-state index contributed by atoms with van der Waals surface area (Å²) in [6, 6.07) is 4.43. The molecule has 1 heterocycles. The smallest absolute Gasteiger partial charge is 0.254 e. The molecule has 1 unspecified atom stereocenters. The van der Waals surface area contributed by atoms with Crippen molar-refractivity contribution in [2.75, 3.05) is 13.6 Å². The van der Waals surface area contributed by atoms with Crippen LogP contribution in [0.3, 0.4) is 0 Å². The molecule has 0 spiro atoms. The van der Waals surface area contributed by atoms with Crippen LogP contribution in [0.2, 0.25) is 0 Å². The van der Waals surface area contributed by atoms with E-state index in [1.165, 1.54) is 6.07 Å². The van der Waals surface area contributed by atoms with Crippen LogP contribution in [0.5, 0.6) is 5.75 Å². The molecule has 0 bridgehead atoms. The van der Waals surface area contributed by atoms with Crippen molar-refractivity contribution in [1.29, 1.82) is 0 Å². The number of likely N-dealkylation sites (tertiary alicyclic amines) is 1. The first-order valence-electron chi connectivity index (χ1n) is 6.36. The summed E-state index contributed by atoms with van der Waals surface area (Å²) in [5.74, 6) is -0.245. The minimum absolute atomic E-state index is 0.0986. The second-order valence-electron chi connectivity index (χ2n) is 4.77. The molecule has 2 amide bonds. The van der Waals surface area contributed by atoms with Gasteiger partial charge in [0.05, 0.1) is 0 Å². The van der Waals surface area contributed by atoms with Gasteiger partial charge < -0.3 is 15.3 Å². The molecule has 0 aromatic heterocycles. The summed E-state index contributed by atoms with van der Waals surface area (Å²) >= 11 is 0. The lowest BCUT2D eigenvalue weighted by molar-refractivity contribution is -0.124. The van der Waals surface area contributed by atoms with Gasteiger partial charge in [0.15, 0.2) is 0 Å². The van der Waals surface area contributed by atoms with Crippen LogP contribution in [0.1, 0.15) is 28.8 Å². The third-order valence-electron chi connectivity index (χ3n) is 3.52. The average molecular weight is 262 g/mol. The number of carbonyl (C=O) groups is 2. The SMILES string of the molecule is CNC(=O)C1CCCN1C(=O)c1ccc(C)c(O)c1. The maximum absolute atomic E-state index is 12.4. The minimum atomic E-state index is -0.402. The van der Waals surface area contributed by atoms with E-state index < -0.39 is 6.04 Å². The van der Waals surface area contributed by atoms with E-state index >= 15 is 0 Å². The molecule has 1 atom stereocenters. The van der Waals surface area contributed by atoms with Gasteiger partial charge in [-0.3, -0.25) is 9.59 Å². The largest absolute Gasteiger partial charge is 0.508 e. The monoisotopic (exact) mass is 262 g/mol. The summed E-state index contributed by atoms with van der Waals surface area (Å²) in [4.78, 5) is 25.7. The molecular formula is C14H18N2O3. The van der Waals surface area contributed by atoms with Gasteiger partial charge in [-0.25, -0.2) is 0 Å². The van der Waals surface area contributed by atoms with Crippen LogP contribution in [0, 0.1) is 6.92 Å². The number of amides is 2. The van der Waals surface area contributed by atoms with Crippen molar-refractivity contribution in [3.05, 3.63) is 29.3 Å². The Labute approximate surface area is 112 Å². The number of phenolic OH excluding ortho intramolecular Hbond substituents is 1. The number of aryl methyl sites for hydroxylation is 1. The molecule has 0 saturated carbocycles. The van der Waals surface area contributed by atoms with Crippen molar-refractivity contribution in [2.45, 2.75) is 25.8 Å². The van der Waals surface area contributed by atoms with Gasteiger partial charge in [-0.05, 0) is 37.5 Å². The van der Waals surface area contributed by atoms with Crippen LogP contribution < -0.4 is 5.32 Å². The first-order chi connectivity index (χ1) is 9.04. The second-order valence-corrected chi connectivity index (χ2v) is 4.77. The summed E-state index contributed by atoms with van der Waals surface area (Å²) in [5.41, 5.74) is 1.14. The van der Waals surface area contributed by atoms with E-state index in [4.69, 9.17) is 0 Å². The number of benzene rings is 1. The van der Waals surface area contributed by atoms with Crippen LogP contribution in [-0.2, 0) is 4.79 Å². The summed E-state index contributed by atoms with van der Waals surface area (Å²) < 4.78 is 0. The zero-order chi connectivity index (χ0) is 14.0. The van der Waals surface area contributed by atoms with Crippen molar-refractivity contribution in [1.82, 2.24) is 10.2 Å². The van der Waals surface area contributed by atoms with Crippen molar-refractivity contribution in [3.8, 4) is 5.75 Å². The van der Waals surface area contributed by atoms with E-state index in [0.717, 1.165) is 12.0 Å². The molecule has 5 heteroatoms. The standard InChI is InChI=1S/C14H18N2O3/c1-9-5-6-10(8-12(9)17)14(19)16-7-3-4-11(16)13(18)15-2/h5-6,8,11,17H,3-4,7H2,1-2H3,(H,15,18). The molecule has 1 saturated heterocycles. The van der Waals surface area contributed by atoms with Crippen LogP contribution in [0.15, 0.2) is 18.2 Å². The molecule has 1 aromatic carbocycles. The summed E-state index contributed by atoms with van der Waals surface area (Å²) in [7, 11) is 1.57. The molecule has 2 rings (SSSR count). The molecule has 19 heavy (non-hydrogen) atoms. The summed E-state index contributed by atoms with van der Waals surface area (Å²) in [5, 5.41) is 12.2. The van der Waals surface area contributed by atoms with Crippen molar-refractivity contribution < 1.29 is 14.7 Å². The molecule has 0 aliphatic carbocycles. The Morgan fingerprint density at radius 3 is 2.79 bits per heavy atom. The third kappa shape index (κ3) is 2.54. The van der Waals surface area contributed by atoms with Gasteiger partial charge in [0.2, 0.25) is 5.91 Å². The number of aromatic hydroxyl groups is 1. The fraction of sp³-hybridized carbons (Fsp3) is 0.429. The van der Waals surface area contributed by atoms with Crippen LogP contribution >= 0.6 is 0 Å². The number of hydrogen-bond acceptors (Lipinski definition) is 3. The van der Waals surface area contributed by atoms with Gasteiger partial charge in [-0.2, -0.15) is 0 Å². The Morgan fingerprint density at radius 1 is 1.42 bits per heavy atom. The van der Waals surface area contributed by atoms with Crippen LogP contribution in [-0.4, -0.2) is 41.5 Å². The zero-order valence-electron chi connectivity index (χ0n) is 11.1. The van der Waals surface area contributed by atoms with Gasteiger partial charge in [0.1, 0.15) is 11.8 Å². The fourth-order valence-corrected chi connectivity index (χ4v) is 2.36. The Morgan fingerprint density at radius 2 is 2.16 bits per heavy atom. The molecule has 1 aliphatic heterocycles. The highest BCUT2D eigenvalue weighted by Gasteiger charge is 2.34. The Hall–Kier alpha value is -2.04. The first-order valence-corrected chi connectivity index (χ1v) is 6.36. The molecule has 102 valence electrons. The predicted molar refractivity (Wildman–Crippen MR) is 71.0 cm³/mol. The van der Waals surface area contributed by atoms with Crippen LogP contribution in [0.25, 0.3) is 0 Å². The number of rotatable bonds is 2. The number of hydrogen-bond donors (Lipinski definition) is 2. The number of carbonyl (C=O) groups excluding carboxylic acids is 2. The number of nitrogens with one attached hydrogen (secondary N) is 1. The van der Waals surface area contributed by atoms with Crippen molar-refractivity contribution >= 4 is 11.8 Å². The lowest BCUT2D eigenvalue weighted by Crippen LogP contribution is -2.44. The second kappa shape index (κ2) is 5.30. The lowest BCUT2D eigenvalue weighted by atomic mass is 10.1. The number of nitrogens with zero attached hydrogens (tertiary/aromatic N) is 1. The van der Waals surface area contributed by atoms with E-state index in [-0.39, 0.29) is 17.6 Å². The molecule has 1 aromatic rings.